The first-order chi connectivity index (χ1) is 12.1. The molecule has 0 unspecified atom stereocenters. The third kappa shape index (κ3) is 10.1. The molecule has 0 aliphatic heterocycles. The molecule has 0 saturated heterocycles. The van der Waals surface area contributed by atoms with Gasteiger partial charge in [-0.3, -0.25) is 0 Å². The number of thiophene rings is 1. The molecule has 0 amide bonds. The van der Waals surface area contributed by atoms with Crippen molar-refractivity contribution >= 4 is 28.9 Å². The number of unbranched alkanes of at least 4 members (excludes halogenated alkanes) is 4. The number of aromatic carboxylic acids is 1. The number of carbonyl (C=O) groups is 1. The molecular formula is C21H33ClO2S. The molecule has 4 heteroatoms. The van der Waals surface area contributed by atoms with Gasteiger partial charge in [0.15, 0.2) is 0 Å². The SMILES string of the molecule is C=CCCCCCC[C@H]1CC[C@@H](Cl)C1.CCCc1ccc(C(=O)O)s1. The standard InChI is InChI=1S/C13H23Cl.C8H10O2S/c1-2-3-4-5-6-7-8-12-9-10-13(14)11-12;1-2-3-6-4-5-7(11-6)8(9)10/h2,12-13H,1,3-11H2;4-5H,2-3H2,1H3,(H,9,10)/t12-,13+;/m0./s1. The van der Waals surface area contributed by atoms with Crippen molar-refractivity contribution in [1.82, 2.24) is 0 Å². The molecule has 0 aromatic carbocycles. The highest BCUT2D eigenvalue weighted by atomic mass is 35.5. The summed E-state index contributed by atoms with van der Waals surface area (Å²) in [6.07, 6.45) is 16.1. The van der Waals surface area contributed by atoms with Crippen molar-refractivity contribution in [2.75, 3.05) is 0 Å². The van der Waals surface area contributed by atoms with Crippen LogP contribution in [-0.2, 0) is 6.42 Å². The largest absolute Gasteiger partial charge is 0.477 e. The summed E-state index contributed by atoms with van der Waals surface area (Å²) in [6, 6.07) is 3.55. The zero-order valence-electron chi connectivity index (χ0n) is 15.5. The van der Waals surface area contributed by atoms with Gasteiger partial charge in [0.1, 0.15) is 4.88 Å². The van der Waals surface area contributed by atoms with Gasteiger partial charge in [-0.1, -0.05) is 45.1 Å². The van der Waals surface area contributed by atoms with Gasteiger partial charge in [-0.15, -0.1) is 29.5 Å². The first-order valence-electron chi connectivity index (χ1n) is 9.63. The van der Waals surface area contributed by atoms with Gasteiger partial charge in [0.2, 0.25) is 0 Å². The van der Waals surface area contributed by atoms with E-state index in [9.17, 15) is 4.79 Å². The van der Waals surface area contributed by atoms with Crippen LogP contribution in [0.15, 0.2) is 24.8 Å². The zero-order valence-corrected chi connectivity index (χ0v) is 17.1. The number of alkyl halides is 1. The summed E-state index contributed by atoms with van der Waals surface area (Å²) in [7, 11) is 0. The molecule has 25 heavy (non-hydrogen) atoms. The normalized spacial score (nSPS) is 19.3. The predicted octanol–water partition coefficient (Wildman–Crippen LogP) is 7.32. The number of carboxylic acids is 1. The molecule has 1 aliphatic carbocycles. The fraction of sp³-hybridized carbons (Fsp3) is 0.667. The van der Waals surface area contributed by atoms with Gasteiger partial charge in [-0.05, 0) is 56.6 Å². The maximum atomic E-state index is 10.4. The Bertz CT molecular complexity index is 498. The third-order valence-electron chi connectivity index (χ3n) is 4.62. The van der Waals surface area contributed by atoms with Gasteiger partial charge < -0.3 is 5.11 Å². The summed E-state index contributed by atoms with van der Waals surface area (Å²) in [5.41, 5.74) is 0. The van der Waals surface area contributed by atoms with Crippen LogP contribution < -0.4 is 0 Å². The summed E-state index contributed by atoms with van der Waals surface area (Å²) in [6.45, 7) is 5.82. The van der Waals surface area contributed by atoms with Crippen LogP contribution in [-0.4, -0.2) is 16.5 Å². The first-order valence-corrected chi connectivity index (χ1v) is 10.9. The Kier molecular flexibility index (Phi) is 11.9. The van der Waals surface area contributed by atoms with E-state index in [1.54, 1.807) is 6.07 Å². The van der Waals surface area contributed by atoms with Crippen molar-refractivity contribution in [3.05, 3.63) is 34.5 Å². The molecule has 1 saturated carbocycles. The Labute approximate surface area is 162 Å². The van der Waals surface area contributed by atoms with Crippen molar-refractivity contribution in [2.45, 2.75) is 82.9 Å². The third-order valence-corrected chi connectivity index (χ3v) is 6.15. The number of hydrogen-bond acceptors (Lipinski definition) is 2. The molecule has 1 heterocycles. The van der Waals surface area contributed by atoms with E-state index in [-0.39, 0.29) is 0 Å². The Morgan fingerprint density at radius 3 is 2.64 bits per heavy atom. The molecule has 142 valence electrons. The smallest absolute Gasteiger partial charge is 0.345 e. The minimum atomic E-state index is -0.822. The lowest BCUT2D eigenvalue weighted by Gasteiger charge is -2.07. The molecule has 2 nitrogen and oxygen atoms in total. The first kappa shape index (κ1) is 22.2. The molecule has 0 radical (unpaired) electrons. The second-order valence-electron chi connectivity index (χ2n) is 6.88. The molecule has 1 fully saturated rings. The van der Waals surface area contributed by atoms with Crippen LogP contribution in [0.1, 0.15) is 85.7 Å². The molecule has 0 bridgehead atoms. The summed E-state index contributed by atoms with van der Waals surface area (Å²) < 4.78 is 0. The minimum absolute atomic E-state index is 0.438. The monoisotopic (exact) mass is 384 g/mol. The number of rotatable bonds is 10. The van der Waals surface area contributed by atoms with Gasteiger partial charge in [0.05, 0.1) is 0 Å². The topological polar surface area (TPSA) is 37.3 Å². The molecule has 0 spiro atoms. The van der Waals surface area contributed by atoms with Gasteiger partial charge >= 0.3 is 5.97 Å². The van der Waals surface area contributed by atoms with Crippen molar-refractivity contribution in [3.8, 4) is 0 Å². The van der Waals surface area contributed by atoms with Crippen molar-refractivity contribution in [3.63, 3.8) is 0 Å². The molecule has 1 N–H and O–H groups in total. The van der Waals surface area contributed by atoms with Crippen LogP contribution in [0.2, 0.25) is 0 Å². The average Bonchev–Trinajstić information content (AvgIpc) is 3.21. The summed E-state index contributed by atoms with van der Waals surface area (Å²) >= 11 is 7.44. The Morgan fingerprint density at radius 2 is 2.08 bits per heavy atom. The van der Waals surface area contributed by atoms with Crippen LogP contribution >= 0.6 is 22.9 Å². The minimum Gasteiger partial charge on any atom is -0.477 e. The number of hydrogen-bond donors (Lipinski definition) is 1. The van der Waals surface area contributed by atoms with E-state index >= 15 is 0 Å². The van der Waals surface area contributed by atoms with Crippen molar-refractivity contribution in [2.24, 2.45) is 5.92 Å². The van der Waals surface area contributed by atoms with Crippen LogP contribution in [0, 0.1) is 5.92 Å². The Hall–Kier alpha value is -0.800. The fourth-order valence-electron chi connectivity index (χ4n) is 3.22. The van der Waals surface area contributed by atoms with E-state index < -0.39 is 5.97 Å². The Balaban J connectivity index is 0.000000257. The quantitative estimate of drug-likeness (QED) is 0.260. The summed E-state index contributed by atoms with van der Waals surface area (Å²) in [4.78, 5) is 12.0. The maximum Gasteiger partial charge on any atom is 0.345 e. The maximum absolute atomic E-state index is 10.4. The lowest BCUT2D eigenvalue weighted by atomic mass is 9.99. The highest BCUT2D eigenvalue weighted by molar-refractivity contribution is 7.13. The van der Waals surface area contributed by atoms with E-state index in [1.165, 1.54) is 69.1 Å². The lowest BCUT2D eigenvalue weighted by Crippen LogP contribution is -1.95. The molecular weight excluding hydrogens is 352 g/mol. The number of carboxylic acid groups (broad SMARTS) is 1. The van der Waals surface area contributed by atoms with Crippen LogP contribution in [0.5, 0.6) is 0 Å². The lowest BCUT2D eigenvalue weighted by molar-refractivity contribution is 0.0702. The van der Waals surface area contributed by atoms with E-state index in [0.29, 0.717) is 10.3 Å². The summed E-state index contributed by atoms with van der Waals surface area (Å²) in [5, 5.41) is 9.06. The molecule has 2 atom stereocenters. The fourth-order valence-corrected chi connectivity index (χ4v) is 4.55. The molecule has 1 aromatic rings. The molecule has 1 aliphatic rings. The average molecular weight is 385 g/mol. The van der Waals surface area contributed by atoms with Gasteiger partial charge in [-0.2, -0.15) is 0 Å². The van der Waals surface area contributed by atoms with Crippen LogP contribution in [0.25, 0.3) is 0 Å². The van der Waals surface area contributed by atoms with E-state index in [0.717, 1.165) is 23.6 Å². The van der Waals surface area contributed by atoms with Crippen LogP contribution in [0.4, 0.5) is 0 Å². The Morgan fingerprint density at radius 1 is 1.32 bits per heavy atom. The van der Waals surface area contributed by atoms with E-state index in [4.69, 9.17) is 16.7 Å². The van der Waals surface area contributed by atoms with Gasteiger partial charge in [0.25, 0.3) is 0 Å². The molecule has 2 rings (SSSR count). The van der Waals surface area contributed by atoms with E-state index in [1.807, 2.05) is 12.1 Å². The number of halogens is 1. The highest BCUT2D eigenvalue weighted by Crippen LogP contribution is 2.32. The number of allylic oxidation sites excluding steroid dienone is 1. The van der Waals surface area contributed by atoms with Crippen LogP contribution in [0.3, 0.4) is 0 Å². The van der Waals surface area contributed by atoms with Crippen molar-refractivity contribution in [1.29, 1.82) is 0 Å². The van der Waals surface area contributed by atoms with Gasteiger partial charge in [-0.25, -0.2) is 4.79 Å². The summed E-state index contributed by atoms with van der Waals surface area (Å²) in [5.74, 6) is 0.120. The highest BCUT2D eigenvalue weighted by Gasteiger charge is 2.21. The second kappa shape index (κ2) is 13.4. The zero-order chi connectivity index (χ0) is 18.5. The van der Waals surface area contributed by atoms with Crippen molar-refractivity contribution < 1.29 is 9.90 Å². The van der Waals surface area contributed by atoms with Gasteiger partial charge in [0, 0.05) is 10.3 Å². The number of aryl methyl sites for hydroxylation is 1. The second-order valence-corrected chi connectivity index (χ2v) is 8.66. The predicted molar refractivity (Wildman–Crippen MR) is 110 cm³/mol. The van der Waals surface area contributed by atoms with E-state index in [2.05, 4.69) is 13.5 Å². The molecule has 1 aromatic heterocycles.